The van der Waals surface area contributed by atoms with Gasteiger partial charge in [0.05, 0.1) is 35.3 Å². The van der Waals surface area contributed by atoms with Crippen molar-refractivity contribution in [3.8, 4) is 17.2 Å². The van der Waals surface area contributed by atoms with Crippen LogP contribution in [0.2, 0.25) is 5.02 Å². The fourth-order valence-corrected chi connectivity index (χ4v) is 6.27. The minimum Gasteiger partial charge on any atom is -0.486 e. The summed E-state index contributed by atoms with van der Waals surface area (Å²) in [7, 11) is -2.47. The highest BCUT2D eigenvalue weighted by Gasteiger charge is 2.36. The lowest BCUT2D eigenvalue weighted by Gasteiger charge is -2.38. The monoisotopic (exact) mass is 644 g/mol. The van der Waals surface area contributed by atoms with E-state index < -0.39 is 34.1 Å². The second-order valence-corrected chi connectivity index (χ2v) is 13.2. The molecule has 0 fully saturated rings. The number of nitrogens with one attached hydrogen (secondary N) is 2. The van der Waals surface area contributed by atoms with Gasteiger partial charge < -0.3 is 34.9 Å². The molecule has 0 bridgehead atoms. The van der Waals surface area contributed by atoms with E-state index in [2.05, 4.69) is 10.6 Å². The number of benzene rings is 3. The Hall–Kier alpha value is -4.04. The quantitative estimate of drug-likeness (QED) is 0.330. The van der Waals surface area contributed by atoms with Gasteiger partial charge in [-0.05, 0) is 55.5 Å². The molecule has 0 aliphatic carbocycles. The number of fused-ring (bicyclic) bond motifs is 2. The van der Waals surface area contributed by atoms with E-state index in [1.807, 2.05) is 6.92 Å². The Labute approximate surface area is 260 Å². The molecule has 2 aliphatic heterocycles. The Bertz CT molecular complexity index is 1650. The van der Waals surface area contributed by atoms with Crippen molar-refractivity contribution in [1.29, 1.82) is 0 Å². The van der Waals surface area contributed by atoms with Gasteiger partial charge in [0.25, 0.3) is 5.91 Å². The maximum atomic E-state index is 13.7. The van der Waals surface area contributed by atoms with Gasteiger partial charge in [0.2, 0.25) is 16.8 Å². The maximum absolute atomic E-state index is 13.7. The Balaban J connectivity index is 1.45. The van der Waals surface area contributed by atoms with Crippen molar-refractivity contribution in [2.75, 3.05) is 44.2 Å². The smallest absolute Gasteiger partial charge is 0.323 e. The molecule has 14 heteroatoms. The normalized spacial score (nSPS) is 18.6. The lowest BCUT2D eigenvalue weighted by atomic mass is 9.99. The first-order valence-electron chi connectivity index (χ1n) is 13.9. The third-order valence-electron chi connectivity index (χ3n) is 7.53. The third kappa shape index (κ3) is 6.55. The molecule has 3 aromatic carbocycles. The van der Waals surface area contributed by atoms with E-state index in [1.54, 1.807) is 43.3 Å². The number of sulfonamides is 1. The van der Waals surface area contributed by atoms with Crippen LogP contribution in [0.4, 0.5) is 16.2 Å². The molecule has 0 saturated carbocycles. The van der Waals surface area contributed by atoms with Crippen molar-refractivity contribution < 1.29 is 37.3 Å². The average Bonchev–Trinajstić information content (AvgIpc) is 3.47. The van der Waals surface area contributed by atoms with Crippen LogP contribution in [0.25, 0.3) is 0 Å². The Kier molecular flexibility index (Phi) is 9.20. The predicted octanol–water partition coefficient (Wildman–Crippen LogP) is 4.25. The van der Waals surface area contributed by atoms with Crippen molar-refractivity contribution in [2.24, 2.45) is 5.92 Å². The Morgan fingerprint density at radius 2 is 1.84 bits per heavy atom. The number of ether oxygens (including phenoxy) is 3. The number of likely N-dealkylation sites (N-methyl/N-ethyl adjacent to an activating group) is 1. The summed E-state index contributed by atoms with van der Waals surface area (Å²) in [6, 6.07) is 14.4. The summed E-state index contributed by atoms with van der Waals surface area (Å²) < 4.78 is 45.1. The molecule has 0 radical (unpaired) electrons. The van der Waals surface area contributed by atoms with Crippen molar-refractivity contribution in [3.63, 3.8) is 0 Å². The summed E-state index contributed by atoms with van der Waals surface area (Å²) in [5, 5.41) is 15.8. The molecule has 2 aliphatic rings. The van der Waals surface area contributed by atoms with Crippen LogP contribution in [-0.4, -0.2) is 80.4 Å². The summed E-state index contributed by atoms with van der Waals surface area (Å²) in [6.45, 7) is 3.50. The molecule has 3 amide bonds. The van der Waals surface area contributed by atoms with E-state index >= 15 is 0 Å². The molecule has 0 unspecified atom stereocenters. The second-order valence-electron chi connectivity index (χ2n) is 10.7. The highest BCUT2D eigenvalue weighted by molar-refractivity contribution is 7.89. The van der Waals surface area contributed by atoms with E-state index in [1.165, 1.54) is 40.5 Å². The first-order chi connectivity index (χ1) is 21.0. The number of rotatable bonds is 8. The Morgan fingerprint density at radius 3 is 2.57 bits per heavy atom. The molecule has 0 spiro atoms. The van der Waals surface area contributed by atoms with Gasteiger partial charge in [-0.15, -0.1) is 0 Å². The molecule has 0 aromatic heterocycles. The SMILES string of the molecule is C[C@H](CO)N1C[C@H](C)[C@@H](CN(C)S(=O)(=O)c2ccc(Cl)cc2)Oc2c(NC(=O)Nc3ccc4c(c3)OCO4)cccc2C1=O. The van der Waals surface area contributed by atoms with Crippen LogP contribution in [-0.2, 0) is 10.0 Å². The van der Waals surface area contributed by atoms with Crippen LogP contribution < -0.4 is 24.8 Å². The molecule has 234 valence electrons. The number of aliphatic hydroxyl groups is 1. The highest BCUT2D eigenvalue weighted by atomic mass is 35.5. The second kappa shape index (κ2) is 12.9. The summed E-state index contributed by atoms with van der Waals surface area (Å²) in [5.74, 6) is 0.377. The minimum atomic E-state index is -3.92. The van der Waals surface area contributed by atoms with E-state index in [0.717, 1.165) is 0 Å². The zero-order valence-corrected chi connectivity index (χ0v) is 25.9. The Morgan fingerprint density at radius 1 is 1.11 bits per heavy atom. The number of hydrogen-bond donors (Lipinski definition) is 3. The van der Waals surface area contributed by atoms with Crippen molar-refractivity contribution in [3.05, 3.63) is 71.2 Å². The van der Waals surface area contributed by atoms with E-state index in [0.29, 0.717) is 22.2 Å². The number of anilines is 2. The van der Waals surface area contributed by atoms with Crippen LogP contribution >= 0.6 is 11.6 Å². The van der Waals surface area contributed by atoms with Crippen molar-refractivity contribution in [1.82, 2.24) is 9.21 Å². The summed E-state index contributed by atoms with van der Waals surface area (Å²) >= 11 is 5.96. The van der Waals surface area contributed by atoms with Crippen LogP contribution in [0.5, 0.6) is 17.2 Å². The number of carbonyl (C=O) groups excluding carboxylic acids is 2. The fraction of sp³-hybridized carbons (Fsp3) is 0.333. The van der Waals surface area contributed by atoms with Crippen LogP contribution in [0, 0.1) is 5.92 Å². The van der Waals surface area contributed by atoms with E-state index in [4.69, 9.17) is 25.8 Å². The number of aliphatic hydroxyl groups excluding tert-OH is 1. The standard InChI is InChI=1S/C30H33ClN4O8S/c1-18-14-35(19(2)16-36)29(37)23-5-4-6-24(33-30(38)32-21-9-12-25-26(13-21)42-17-41-25)28(23)43-27(18)15-34(3)44(39,40)22-10-7-20(31)8-11-22/h4-13,18-19,27,36H,14-17H2,1-3H3,(H2,32,33,38)/t18-,19+,27+/m0/s1. The summed E-state index contributed by atoms with van der Waals surface area (Å²) in [6.07, 6.45) is -0.748. The molecule has 2 heterocycles. The van der Waals surface area contributed by atoms with Crippen LogP contribution in [0.1, 0.15) is 24.2 Å². The van der Waals surface area contributed by atoms with Crippen molar-refractivity contribution >= 4 is 44.9 Å². The summed E-state index contributed by atoms with van der Waals surface area (Å²) in [5.41, 5.74) is 0.810. The molecule has 0 saturated heterocycles. The minimum absolute atomic E-state index is 0.0662. The molecule has 5 rings (SSSR count). The lowest BCUT2D eigenvalue weighted by molar-refractivity contribution is 0.0389. The third-order valence-corrected chi connectivity index (χ3v) is 9.62. The fourth-order valence-electron chi connectivity index (χ4n) is 4.96. The van der Waals surface area contributed by atoms with Gasteiger partial charge in [0.1, 0.15) is 6.10 Å². The van der Waals surface area contributed by atoms with Gasteiger partial charge in [-0.2, -0.15) is 4.31 Å². The van der Waals surface area contributed by atoms with Gasteiger partial charge in [-0.3, -0.25) is 4.79 Å². The van der Waals surface area contributed by atoms with Gasteiger partial charge in [0.15, 0.2) is 17.2 Å². The number of carbonyl (C=O) groups is 2. The van der Waals surface area contributed by atoms with Crippen LogP contribution in [0.3, 0.4) is 0 Å². The van der Waals surface area contributed by atoms with E-state index in [-0.39, 0.29) is 54.3 Å². The number of para-hydroxylation sites is 1. The number of amides is 3. The molecule has 3 atom stereocenters. The summed E-state index contributed by atoms with van der Waals surface area (Å²) in [4.78, 5) is 28.4. The molecular weight excluding hydrogens is 612 g/mol. The van der Waals surface area contributed by atoms with Gasteiger partial charge >= 0.3 is 6.03 Å². The van der Waals surface area contributed by atoms with Crippen molar-refractivity contribution in [2.45, 2.75) is 30.9 Å². The van der Waals surface area contributed by atoms with Gasteiger partial charge in [-0.1, -0.05) is 24.6 Å². The number of nitrogens with zero attached hydrogens (tertiary/aromatic N) is 2. The molecule has 12 nitrogen and oxygen atoms in total. The highest BCUT2D eigenvalue weighted by Crippen LogP contribution is 2.37. The number of hydrogen-bond acceptors (Lipinski definition) is 8. The molecule has 44 heavy (non-hydrogen) atoms. The molecule has 3 aromatic rings. The number of urea groups is 1. The van der Waals surface area contributed by atoms with Crippen LogP contribution in [0.15, 0.2) is 65.6 Å². The lowest BCUT2D eigenvalue weighted by Crippen LogP contribution is -2.50. The van der Waals surface area contributed by atoms with Gasteiger partial charge in [0, 0.05) is 36.3 Å². The molecule has 3 N–H and O–H groups in total. The topological polar surface area (TPSA) is 147 Å². The zero-order valence-electron chi connectivity index (χ0n) is 24.3. The zero-order chi connectivity index (χ0) is 31.6. The predicted molar refractivity (Wildman–Crippen MR) is 164 cm³/mol. The largest absolute Gasteiger partial charge is 0.486 e. The first-order valence-corrected chi connectivity index (χ1v) is 15.7. The average molecular weight is 645 g/mol. The van der Waals surface area contributed by atoms with E-state index in [9.17, 15) is 23.1 Å². The maximum Gasteiger partial charge on any atom is 0.323 e. The van der Waals surface area contributed by atoms with Gasteiger partial charge in [-0.25, -0.2) is 13.2 Å². The molecular formula is C30H33ClN4O8S. The first kappa shape index (κ1) is 31.4. The number of halogens is 1.